The normalized spacial score (nSPS) is 24.9. The van der Waals surface area contributed by atoms with Crippen molar-refractivity contribution in [3.63, 3.8) is 0 Å². The summed E-state index contributed by atoms with van der Waals surface area (Å²) in [4.78, 5) is 0. The van der Waals surface area contributed by atoms with Crippen LogP contribution in [0.25, 0.3) is 0 Å². The van der Waals surface area contributed by atoms with E-state index in [-0.39, 0.29) is 0 Å². The Morgan fingerprint density at radius 1 is 1.20 bits per heavy atom. The lowest BCUT2D eigenvalue weighted by molar-refractivity contribution is 0.310. The Bertz CT molecular complexity index is 280. The molecule has 0 bridgehead atoms. The Kier molecular flexibility index (Phi) is 4.04. The van der Waals surface area contributed by atoms with Crippen molar-refractivity contribution in [2.75, 3.05) is 13.1 Å². The lowest BCUT2D eigenvalue weighted by Gasteiger charge is -2.30. The molecule has 2 heteroatoms. The molecule has 0 amide bonds. The summed E-state index contributed by atoms with van der Waals surface area (Å²) in [5, 5.41) is 3.95. The van der Waals surface area contributed by atoms with Gasteiger partial charge in [-0.2, -0.15) is 0 Å². The SMILES string of the molecule is ClC1CC(CNCCc2ccccc2)C1. The quantitative estimate of drug-likeness (QED) is 0.598. The van der Waals surface area contributed by atoms with Gasteiger partial charge in [-0.25, -0.2) is 0 Å². The number of hydrogen-bond acceptors (Lipinski definition) is 1. The molecule has 1 aliphatic rings. The van der Waals surface area contributed by atoms with Gasteiger partial charge in [-0.15, -0.1) is 11.6 Å². The van der Waals surface area contributed by atoms with Crippen molar-refractivity contribution in [1.29, 1.82) is 0 Å². The zero-order valence-electron chi connectivity index (χ0n) is 8.95. The molecule has 0 heterocycles. The summed E-state index contributed by atoms with van der Waals surface area (Å²) in [6.07, 6.45) is 3.51. The molecule has 1 saturated carbocycles. The van der Waals surface area contributed by atoms with Crippen LogP contribution in [-0.4, -0.2) is 18.5 Å². The summed E-state index contributed by atoms with van der Waals surface area (Å²) in [6, 6.07) is 10.6. The average Bonchev–Trinajstić information content (AvgIpc) is 2.23. The Labute approximate surface area is 96.8 Å². The van der Waals surface area contributed by atoms with Crippen molar-refractivity contribution in [1.82, 2.24) is 5.32 Å². The molecule has 82 valence electrons. The van der Waals surface area contributed by atoms with Gasteiger partial charge in [0.1, 0.15) is 0 Å². The van der Waals surface area contributed by atoms with Crippen LogP contribution in [0.2, 0.25) is 0 Å². The van der Waals surface area contributed by atoms with E-state index in [2.05, 4.69) is 35.6 Å². The minimum absolute atomic E-state index is 0.450. The Hall–Kier alpha value is -0.530. The third kappa shape index (κ3) is 3.51. The van der Waals surface area contributed by atoms with E-state index in [9.17, 15) is 0 Å². The summed E-state index contributed by atoms with van der Waals surface area (Å²) < 4.78 is 0. The molecule has 1 nitrogen and oxygen atoms in total. The van der Waals surface area contributed by atoms with Gasteiger partial charge in [0.25, 0.3) is 0 Å². The van der Waals surface area contributed by atoms with Crippen molar-refractivity contribution in [2.24, 2.45) is 5.92 Å². The number of nitrogens with one attached hydrogen (secondary N) is 1. The molecular formula is C13H18ClN. The molecule has 0 aliphatic heterocycles. The molecule has 0 radical (unpaired) electrons. The maximum atomic E-state index is 5.92. The average molecular weight is 224 g/mol. The molecular weight excluding hydrogens is 206 g/mol. The van der Waals surface area contributed by atoms with E-state index >= 15 is 0 Å². The monoisotopic (exact) mass is 223 g/mol. The Morgan fingerprint density at radius 2 is 1.93 bits per heavy atom. The van der Waals surface area contributed by atoms with Crippen molar-refractivity contribution in [2.45, 2.75) is 24.6 Å². The maximum absolute atomic E-state index is 5.92. The highest BCUT2D eigenvalue weighted by molar-refractivity contribution is 6.21. The molecule has 0 saturated heterocycles. The first kappa shape index (κ1) is 11.0. The summed E-state index contributed by atoms with van der Waals surface area (Å²) in [7, 11) is 0. The zero-order chi connectivity index (χ0) is 10.5. The summed E-state index contributed by atoms with van der Waals surface area (Å²) in [5.74, 6) is 0.822. The van der Waals surface area contributed by atoms with Gasteiger partial charge in [0.2, 0.25) is 0 Å². The Morgan fingerprint density at radius 3 is 2.60 bits per heavy atom. The highest BCUT2D eigenvalue weighted by atomic mass is 35.5. The topological polar surface area (TPSA) is 12.0 Å². The third-order valence-electron chi connectivity index (χ3n) is 3.04. The second kappa shape index (κ2) is 5.53. The highest BCUT2D eigenvalue weighted by Crippen LogP contribution is 2.30. The lowest BCUT2D eigenvalue weighted by Crippen LogP contribution is -2.34. The van der Waals surface area contributed by atoms with Gasteiger partial charge < -0.3 is 5.32 Å². The van der Waals surface area contributed by atoms with E-state index in [0.29, 0.717) is 5.38 Å². The fourth-order valence-corrected chi connectivity index (χ4v) is 2.51. The molecule has 1 aromatic carbocycles. The summed E-state index contributed by atoms with van der Waals surface area (Å²) in [6.45, 7) is 2.21. The van der Waals surface area contributed by atoms with Crippen LogP contribution in [0.15, 0.2) is 30.3 Å². The summed E-state index contributed by atoms with van der Waals surface area (Å²) in [5.41, 5.74) is 1.41. The number of halogens is 1. The fourth-order valence-electron chi connectivity index (χ4n) is 2.00. The van der Waals surface area contributed by atoms with Gasteiger partial charge in [0.15, 0.2) is 0 Å². The van der Waals surface area contributed by atoms with Crippen molar-refractivity contribution < 1.29 is 0 Å². The van der Waals surface area contributed by atoms with Crippen LogP contribution in [0.3, 0.4) is 0 Å². The van der Waals surface area contributed by atoms with Crippen LogP contribution in [0.1, 0.15) is 18.4 Å². The molecule has 0 atom stereocenters. The molecule has 15 heavy (non-hydrogen) atoms. The molecule has 0 aromatic heterocycles. The molecule has 1 aromatic rings. The van der Waals surface area contributed by atoms with Gasteiger partial charge in [-0.3, -0.25) is 0 Å². The minimum atomic E-state index is 0.450. The van der Waals surface area contributed by atoms with E-state index in [4.69, 9.17) is 11.6 Å². The first-order chi connectivity index (χ1) is 7.34. The van der Waals surface area contributed by atoms with Gasteiger partial charge in [0.05, 0.1) is 0 Å². The second-order valence-electron chi connectivity index (χ2n) is 4.37. The van der Waals surface area contributed by atoms with Crippen molar-refractivity contribution >= 4 is 11.6 Å². The van der Waals surface area contributed by atoms with E-state index in [0.717, 1.165) is 25.4 Å². The van der Waals surface area contributed by atoms with Crippen LogP contribution >= 0.6 is 11.6 Å². The van der Waals surface area contributed by atoms with Gasteiger partial charge in [-0.1, -0.05) is 30.3 Å². The maximum Gasteiger partial charge on any atom is 0.0342 e. The second-order valence-corrected chi connectivity index (χ2v) is 4.99. The van der Waals surface area contributed by atoms with Crippen LogP contribution in [0.4, 0.5) is 0 Å². The van der Waals surface area contributed by atoms with E-state index in [1.807, 2.05) is 0 Å². The molecule has 1 fully saturated rings. The molecule has 0 unspecified atom stereocenters. The van der Waals surface area contributed by atoms with E-state index < -0.39 is 0 Å². The number of rotatable bonds is 5. The van der Waals surface area contributed by atoms with E-state index in [1.54, 1.807) is 0 Å². The van der Waals surface area contributed by atoms with Crippen LogP contribution in [0, 0.1) is 5.92 Å². The van der Waals surface area contributed by atoms with Gasteiger partial charge in [-0.05, 0) is 43.8 Å². The zero-order valence-corrected chi connectivity index (χ0v) is 9.71. The molecule has 1 aliphatic carbocycles. The third-order valence-corrected chi connectivity index (χ3v) is 3.40. The standard InChI is InChI=1S/C13H18ClN/c14-13-8-12(9-13)10-15-7-6-11-4-2-1-3-5-11/h1-5,12-13,15H,6-10H2. The van der Waals surface area contributed by atoms with Crippen LogP contribution in [0.5, 0.6) is 0 Å². The highest BCUT2D eigenvalue weighted by Gasteiger charge is 2.26. The number of alkyl halides is 1. The Balaban J connectivity index is 1.56. The number of hydrogen-bond donors (Lipinski definition) is 1. The van der Waals surface area contributed by atoms with Crippen molar-refractivity contribution in [3.8, 4) is 0 Å². The van der Waals surface area contributed by atoms with Crippen LogP contribution in [-0.2, 0) is 6.42 Å². The fraction of sp³-hybridized carbons (Fsp3) is 0.538. The smallest absolute Gasteiger partial charge is 0.0342 e. The van der Waals surface area contributed by atoms with Crippen molar-refractivity contribution in [3.05, 3.63) is 35.9 Å². The summed E-state index contributed by atoms with van der Waals surface area (Å²) >= 11 is 5.92. The molecule has 2 rings (SSSR count). The van der Waals surface area contributed by atoms with E-state index in [1.165, 1.54) is 18.4 Å². The largest absolute Gasteiger partial charge is 0.316 e. The molecule has 0 spiro atoms. The lowest BCUT2D eigenvalue weighted by atomic mass is 9.85. The number of benzene rings is 1. The first-order valence-electron chi connectivity index (χ1n) is 5.73. The first-order valence-corrected chi connectivity index (χ1v) is 6.17. The van der Waals surface area contributed by atoms with Crippen LogP contribution < -0.4 is 5.32 Å². The minimum Gasteiger partial charge on any atom is -0.316 e. The predicted octanol–water partition coefficient (Wildman–Crippen LogP) is 2.84. The molecule has 1 N–H and O–H groups in total. The van der Waals surface area contributed by atoms with Gasteiger partial charge in [0, 0.05) is 5.38 Å². The predicted molar refractivity (Wildman–Crippen MR) is 65.4 cm³/mol. The van der Waals surface area contributed by atoms with Gasteiger partial charge >= 0.3 is 0 Å².